The van der Waals surface area contributed by atoms with Crippen molar-refractivity contribution in [2.24, 2.45) is 7.05 Å². The van der Waals surface area contributed by atoms with Crippen molar-refractivity contribution < 1.29 is 4.57 Å². The third kappa shape index (κ3) is 1.43. The van der Waals surface area contributed by atoms with Gasteiger partial charge in [-0.3, -0.25) is 0 Å². The molecule has 0 atom stereocenters. The molecule has 1 rings (SSSR count). The van der Waals surface area contributed by atoms with E-state index in [2.05, 4.69) is 34.7 Å². The van der Waals surface area contributed by atoms with E-state index < -0.39 is 0 Å². The quantitative estimate of drug-likeness (QED) is 0.455. The van der Waals surface area contributed by atoms with Gasteiger partial charge in [-0.15, -0.1) is 0 Å². The van der Waals surface area contributed by atoms with E-state index in [-0.39, 0.29) is 0 Å². The smallest absolute Gasteiger partial charge is 0.169 e. The van der Waals surface area contributed by atoms with Crippen molar-refractivity contribution >= 4 is 22.6 Å². The fourth-order valence-corrected chi connectivity index (χ4v) is 0.804. The second-order valence-corrected chi connectivity index (χ2v) is 2.93. The van der Waals surface area contributed by atoms with Gasteiger partial charge in [0.05, 0.1) is 0 Å². The molecule has 1 heterocycles. The first kappa shape index (κ1) is 6.01. The highest BCUT2D eigenvalue weighted by atomic mass is 127. The summed E-state index contributed by atoms with van der Waals surface area (Å²) >= 11 is 2.28. The maximum atomic E-state index is 2.28. The standard InChI is InChI=1S/C6H7IN/c1-8-4-2-6(7)3-5-8/h2-5H,1H3/q+1. The highest BCUT2D eigenvalue weighted by Gasteiger charge is 1.87. The van der Waals surface area contributed by atoms with Crippen LogP contribution in [0.25, 0.3) is 0 Å². The van der Waals surface area contributed by atoms with E-state index in [1.165, 1.54) is 3.57 Å². The lowest BCUT2D eigenvalue weighted by molar-refractivity contribution is -0.671. The van der Waals surface area contributed by atoms with Crippen LogP contribution in [0.3, 0.4) is 0 Å². The minimum atomic E-state index is 1.28. The summed E-state index contributed by atoms with van der Waals surface area (Å²) in [5, 5.41) is 0. The molecule has 0 bridgehead atoms. The lowest BCUT2D eigenvalue weighted by Crippen LogP contribution is -2.25. The lowest BCUT2D eigenvalue weighted by Gasteiger charge is -1.83. The van der Waals surface area contributed by atoms with Gasteiger partial charge >= 0.3 is 0 Å². The number of nitrogens with zero attached hydrogens (tertiary/aromatic N) is 1. The Hall–Kier alpha value is -0.120. The molecule has 0 unspecified atom stereocenters. The Bertz CT molecular complexity index is 147. The second-order valence-electron chi connectivity index (χ2n) is 1.68. The molecule has 0 aliphatic rings. The first-order valence-electron chi connectivity index (χ1n) is 2.40. The van der Waals surface area contributed by atoms with Crippen LogP contribution in [0.15, 0.2) is 24.5 Å². The summed E-state index contributed by atoms with van der Waals surface area (Å²) in [5.74, 6) is 0. The van der Waals surface area contributed by atoms with Crippen LogP contribution in [-0.2, 0) is 7.05 Å². The molecular weight excluding hydrogens is 213 g/mol. The SMILES string of the molecule is C[n+]1ccc(I)cc1. The average molecular weight is 220 g/mol. The van der Waals surface area contributed by atoms with Crippen LogP contribution in [-0.4, -0.2) is 0 Å². The van der Waals surface area contributed by atoms with Crippen molar-refractivity contribution in [1.82, 2.24) is 0 Å². The second kappa shape index (κ2) is 2.44. The number of hydrogen-bond acceptors (Lipinski definition) is 0. The molecule has 0 radical (unpaired) electrons. The van der Waals surface area contributed by atoms with Gasteiger partial charge in [-0.05, 0) is 22.6 Å². The monoisotopic (exact) mass is 220 g/mol. The van der Waals surface area contributed by atoms with Gasteiger partial charge < -0.3 is 0 Å². The first-order valence-corrected chi connectivity index (χ1v) is 3.48. The Morgan fingerprint density at radius 1 is 1.38 bits per heavy atom. The number of aromatic nitrogens is 1. The number of pyridine rings is 1. The zero-order valence-electron chi connectivity index (χ0n) is 4.63. The lowest BCUT2D eigenvalue weighted by atomic mass is 10.5. The first-order chi connectivity index (χ1) is 3.79. The topological polar surface area (TPSA) is 3.88 Å². The molecule has 0 fully saturated rings. The molecule has 8 heavy (non-hydrogen) atoms. The van der Waals surface area contributed by atoms with Crippen molar-refractivity contribution in [1.29, 1.82) is 0 Å². The molecule has 0 aliphatic carbocycles. The molecule has 1 aromatic heterocycles. The molecule has 0 saturated heterocycles. The van der Waals surface area contributed by atoms with Crippen molar-refractivity contribution in [3.8, 4) is 0 Å². The molecule has 0 saturated carbocycles. The van der Waals surface area contributed by atoms with Crippen LogP contribution in [0.2, 0.25) is 0 Å². The summed E-state index contributed by atoms with van der Waals surface area (Å²) in [7, 11) is 2.01. The number of halogens is 1. The normalized spacial score (nSPS) is 9.25. The molecule has 0 spiro atoms. The Morgan fingerprint density at radius 3 is 2.25 bits per heavy atom. The highest BCUT2D eigenvalue weighted by Crippen LogP contribution is 1.97. The van der Waals surface area contributed by atoms with Gasteiger partial charge in [0.2, 0.25) is 0 Å². The van der Waals surface area contributed by atoms with E-state index in [0.717, 1.165) is 0 Å². The van der Waals surface area contributed by atoms with E-state index in [4.69, 9.17) is 0 Å². The van der Waals surface area contributed by atoms with Crippen LogP contribution < -0.4 is 4.57 Å². The number of rotatable bonds is 0. The summed E-state index contributed by atoms with van der Waals surface area (Å²) in [6, 6.07) is 4.14. The van der Waals surface area contributed by atoms with Gasteiger partial charge in [0, 0.05) is 15.7 Å². The van der Waals surface area contributed by atoms with E-state index in [9.17, 15) is 0 Å². The zero-order chi connectivity index (χ0) is 5.98. The van der Waals surface area contributed by atoms with Gasteiger partial charge in [0.25, 0.3) is 0 Å². The van der Waals surface area contributed by atoms with Gasteiger partial charge in [-0.2, -0.15) is 0 Å². The molecule has 0 aromatic carbocycles. The average Bonchev–Trinajstić information content (AvgIpc) is 1.77. The van der Waals surface area contributed by atoms with Crippen molar-refractivity contribution in [3.05, 3.63) is 28.1 Å². The molecule has 2 heteroatoms. The van der Waals surface area contributed by atoms with Gasteiger partial charge in [-0.25, -0.2) is 4.57 Å². The molecule has 42 valence electrons. The Kier molecular flexibility index (Phi) is 1.83. The van der Waals surface area contributed by atoms with E-state index in [1.807, 2.05) is 24.0 Å². The predicted octanol–water partition coefficient (Wildman–Crippen LogP) is 1.12. The molecule has 0 N–H and O–H groups in total. The molecule has 0 aliphatic heterocycles. The van der Waals surface area contributed by atoms with Crippen LogP contribution >= 0.6 is 22.6 Å². The molecular formula is C6H7IN+. The van der Waals surface area contributed by atoms with Crippen molar-refractivity contribution in [2.75, 3.05) is 0 Å². The van der Waals surface area contributed by atoms with Crippen LogP contribution in [0, 0.1) is 3.57 Å². The summed E-state index contributed by atoms with van der Waals surface area (Å²) in [4.78, 5) is 0. The van der Waals surface area contributed by atoms with Crippen molar-refractivity contribution in [2.45, 2.75) is 0 Å². The van der Waals surface area contributed by atoms with E-state index in [0.29, 0.717) is 0 Å². The minimum Gasteiger partial charge on any atom is -0.208 e. The Morgan fingerprint density at radius 2 is 1.88 bits per heavy atom. The molecule has 1 nitrogen and oxygen atoms in total. The van der Waals surface area contributed by atoms with Crippen LogP contribution in [0.1, 0.15) is 0 Å². The summed E-state index contributed by atoms with van der Waals surface area (Å²) < 4.78 is 3.29. The Balaban J connectivity index is 3.03. The predicted molar refractivity (Wildman–Crippen MR) is 40.3 cm³/mol. The van der Waals surface area contributed by atoms with Crippen molar-refractivity contribution in [3.63, 3.8) is 0 Å². The number of hydrogen-bond donors (Lipinski definition) is 0. The summed E-state index contributed by atoms with van der Waals surface area (Å²) in [6.45, 7) is 0. The third-order valence-electron chi connectivity index (χ3n) is 0.938. The maximum Gasteiger partial charge on any atom is 0.169 e. The van der Waals surface area contributed by atoms with E-state index >= 15 is 0 Å². The minimum absolute atomic E-state index is 1.28. The largest absolute Gasteiger partial charge is 0.208 e. The maximum absolute atomic E-state index is 2.28. The fourth-order valence-electron chi connectivity index (χ4n) is 0.483. The summed E-state index contributed by atoms with van der Waals surface area (Å²) in [5.41, 5.74) is 0. The zero-order valence-corrected chi connectivity index (χ0v) is 6.79. The van der Waals surface area contributed by atoms with E-state index in [1.54, 1.807) is 0 Å². The van der Waals surface area contributed by atoms with Gasteiger partial charge in [0.1, 0.15) is 7.05 Å². The highest BCUT2D eigenvalue weighted by molar-refractivity contribution is 14.1. The number of aryl methyl sites for hydroxylation is 1. The molecule has 1 aromatic rings. The third-order valence-corrected chi connectivity index (χ3v) is 1.66. The van der Waals surface area contributed by atoms with Crippen LogP contribution in [0.5, 0.6) is 0 Å². The molecule has 0 amide bonds. The van der Waals surface area contributed by atoms with Gasteiger partial charge in [0.15, 0.2) is 12.4 Å². The fraction of sp³-hybridized carbons (Fsp3) is 0.167. The van der Waals surface area contributed by atoms with Crippen LogP contribution in [0.4, 0.5) is 0 Å². The Labute approximate surface area is 62.5 Å². The summed E-state index contributed by atoms with van der Waals surface area (Å²) in [6.07, 6.45) is 4.06. The van der Waals surface area contributed by atoms with Gasteiger partial charge in [-0.1, -0.05) is 0 Å².